The SMILES string of the molecule is CC/C=C\C/C=C\C/C=C\C/C=C\C/C=C\CCCCCCCC(=O)NC(COP(=O)(O)OCC[N+](C)(C)C)C(/C=C\CCCCCCCCCCCCC)OC(=O)CCCCCCCCCCCCCCCCCCC/C=C\C/C=C\CCCCC. The number of carbonyl (C=O) groups is 2. The quantitative estimate of drug-likeness (QED) is 0.0205. The fourth-order valence-electron chi connectivity index (χ4n) is 10.4. The van der Waals surface area contributed by atoms with Crippen LogP contribution in [0.1, 0.15) is 329 Å². The van der Waals surface area contributed by atoms with Gasteiger partial charge in [-0.05, 0) is 109 Å². The number of carbonyl (C=O) groups excluding carboxylic acids is 2. The van der Waals surface area contributed by atoms with Gasteiger partial charge in [0.05, 0.1) is 33.8 Å². The van der Waals surface area contributed by atoms with Crippen LogP contribution in [0.15, 0.2) is 97.2 Å². The predicted molar refractivity (Wildman–Crippen MR) is 378 cm³/mol. The Hall–Kier alpha value is -3.07. The Kier molecular flexibility index (Phi) is 63.5. The summed E-state index contributed by atoms with van der Waals surface area (Å²) in [6.45, 7) is 6.89. The van der Waals surface area contributed by atoms with E-state index in [0.717, 1.165) is 116 Å². The molecule has 3 atom stereocenters. The van der Waals surface area contributed by atoms with Gasteiger partial charge in [0.25, 0.3) is 0 Å². The number of allylic oxidation sites excluding steroid dienone is 15. The Morgan fingerprint density at radius 1 is 0.414 bits per heavy atom. The number of rotatable bonds is 66. The van der Waals surface area contributed by atoms with Crippen molar-refractivity contribution in [2.75, 3.05) is 40.9 Å². The molecule has 504 valence electrons. The molecule has 0 spiro atoms. The third-order valence-corrected chi connectivity index (χ3v) is 17.0. The molecular formula is C77H140N2O7P+. The van der Waals surface area contributed by atoms with Crippen molar-refractivity contribution in [3.05, 3.63) is 97.2 Å². The van der Waals surface area contributed by atoms with Crippen LogP contribution in [-0.4, -0.2) is 74.3 Å². The Morgan fingerprint density at radius 3 is 1.13 bits per heavy atom. The molecule has 87 heavy (non-hydrogen) atoms. The standard InChI is InChI=1S/C77H139N2O7P/c1-7-10-13-16-19-22-25-28-30-32-34-36-37-38-39-40-41-43-45-47-49-52-55-58-61-64-67-70-77(81)86-75(68-65-62-59-56-53-50-27-24-21-18-15-12-9-3)74(73-85-87(82,83)84-72-71-79(4,5)6)78-76(80)69-66-63-60-57-54-51-48-46-44-42-35-33-31-29-26-23-20-17-14-11-8-2/h11,14,19-20,22-23,28-31,35,42,46,48,65,68,74-75H,7-10,12-13,15-18,21,24-27,32-34,36-41,43-45,47,49-64,66-67,69-73H2,1-6H3,(H-,78,80,82,83)/p+1/b14-11-,22-19-,23-20-,30-28-,31-29-,42-35-,48-46-,68-65-. The third kappa shape index (κ3) is 67.2. The number of phosphoric ester groups is 1. The average Bonchev–Trinajstić information content (AvgIpc) is 3.69. The molecule has 0 aliphatic rings. The van der Waals surface area contributed by atoms with Crippen LogP contribution in [-0.2, 0) is 27.9 Å². The maximum atomic E-state index is 13.6. The van der Waals surface area contributed by atoms with Gasteiger partial charge in [-0.15, -0.1) is 0 Å². The Morgan fingerprint density at radius 2 is 0.736 bits per heavy atom. The molecule has 0 fully saturated rings. The molecule has 3 unspecified atom stereocenters. The van der Waals surface area contributed by atoms with Crippen molar-refractivity contribution in [1.29, 1.82) is 0 Å². The molecule has 0 aromatic heterocycles. The Labute approximate surface area is 538 Å². The molecule has 0 saturated carbocycles. The zero-order chi connectivity index (χ0) is 63.5. The summed E-state index contributed by atoms with van der Waals surface area (Å²) in [6.07, 6.45) is 90.0. The first kappa shape index (κ1) is 83.9. The van der Waals surface area contributed by atoms with Gasteiger partial charge in [-0.1, -0.05) is 305 Å². The van der Waals surface area contributed by atoms with Crippen molar-refractivity contribution >= 4 is 19.7 Å². The van der Waals surface area contributed by atoms with Crippen molar-refractivity contribution in [2.24, 2.45) is 0 Å². The minimum absolute atomic E-state index is 0.0332. The molecule has 0 aliphatic heterocycles. The lowest BCUT2D eigenvalue weighted by Crippen LogP contribution is -2.47. The van der Waals surface area contributed by atoms with Crippen LogP contribution in [0.2, 0.25) is 0 Å². The highest BCUT2D eigenvalue weighted by Gasteiger charge is 2.30. The molecule has 0 heterocycles. The van der Waals surface area contributed by atoms with Gasteiger partial charge in [-0.2, -0.15) is 0 Å². The minimum atomic E-state index is -4.47. The molecule has 1 amide bonds. The highest BCUT2D eigenvalue weighted by atomic mass is 31.2. The monoisotopic (exact) mass is 1240 g/mol. The van der Waals surface area contributed by atoms with Gasteiger partial charge in [0.2, 0.25) is 5.91 Å². The number of unbranched alkanes of at least 4 members (excludes halogenated alkanes) is 36. The van der Waals surface area contributed by atoms with E-state index in [9.17, 15) is 19.0 Å². The molecule has 2 N–H and O–H groups in total. The maximum absolute atomic E-state index is 13.6. The van der Waals surface area contributed by atoms with Gasteiger partial charge >= 0.3 is 13.8 Å². The highest BCUT2D eigenvalue weighted by molar-refractivity contribution is 7.47. The fourth-order valence-corrected chi connectivity index (χ4v) is 11.1. The number of ether oxygens (including phenoxy) is 1. The zero-order valence-electron chi connectivity index (χ0n) is 57.7. The number of nitrogens with zero attached hydrogens (tertiary/aromatic N) is 1. The number of amides is 1. The summed E-state index contributed by atoms with van der Waals surface area (Å²) in [5, 5.41) is 3.06. The topological polar surface area (TPSA) is 111 Å². The summed E-state index contributed by atoms with van der Waals surface area (Å²) in [4.78, 5) is 38.0. The second-order valence-corrected chi connectivity index (χ2v) is 27.2. The van der Waals surface area contributed by atoms with Crippen LogP contribution in [0.25, 0.3) is 0 Å². The molecule has 0 aromatic carbocycles. The van der Waals surface area contributed by atoms with Crippen LogP contribution in [0.5, 0.6) is 0 Å². The number of hydrogen-bond acceptors (Lipinski definition) is 6. The van der Waals surface area contributed by atoms with Gasteiger partial charge in [0.1, 0.15) is 19.3 Å². The lowest BCUT2D eigenvalue weighted by molar-refractivity contribution is -0.870. The van der Waals surface area contributed by atoms with Crippen molar-refractivity contribution < 1.29 is 37.3 Å². The van der Waals surface area contributed by atoms with Crippen LogP contribution in [0, 0.1) is 0 Å². The zero-order valence-corrected chi connectivity index (χ0v) is 58.6. The molecule has 10 heteroatoms. The first-order valence-corrected chi connectivity index (χ1v) is 38.1. The first-order valence-electron chi connectivity index (χ1n) is 36.6. The molecule has 9 nitrogen and oxygen atoms in total. The van der Waals surface area contributed by atoms with E-state index in [1.807, 2.05) is 33.3 Å². The van der Waals surface area contributed by atoms with Crippen molar-refractivity contribution in [1.82, 2.24) is 5.32 Å². The van der Waals surface area contributed by atoms with E-state index in [1.165, 1.54) is 180 Å². The fraction of sp³-hybridized carbons (Fsp3) is 0.766. The van der Waals surface area contributed by atoms with Gasteiger partial charge in [-0.25, -0.2) is 4.57 Å². The summed E-state index contributed by atoms with van der Waals surface area (Å²) in [7, 11) is 1.48. The first-order chi connectivity index (χ1) is 42.4. The van der Waals surface area contributed by atoms with E-state index < -0.39 is 20.0 Å². The van der Waals surface area contributed by atoms with Crippen molar-refractivity contribution in [3.63, 3.8) is 0 Å². The Bertz CT molecular complexity index is 1810. The number of esters is 1. The second kappa shape index (κ2) is 65.9. The normalized spacial score (nSPS) is 14.1. The molecule has 0 radical (unpaired) electrons. The highest BCUT2D eigenvalue weighted by Crippen LogP contribution is 2.43. The molecule has 0 aromatic rings. The Balaban J connectivity index is 5.08. The van der Waals surface area contributed by atoms with Crippen LogP contribution in [0.4, 0.5) is 0 Å². The summed E-state index contributed by atoms with van der Waals surface area (Å²) < 4.78 is 30.9. The molecule has 0 saturated heterocycles. The number of phosphoric acid groups is 1. The summed E-state index contributed by atoms with van der Waals surface area (Å²) in [5.74, 6) is -0.520. The number of nitrogens with one attached hydrogen (secondary N) is 1. The minimum Gasteiger partial charge on any atom is -0.456 e. The summed E-state index contributed by atoms with van der Waals surface area (Å²) in [6, 6.07) is -0.864. The number of hydrogen-bond donors (Lipinski definition) is 2. The van der Waals surface area contributed by atoms with E-state index >= 15 is 0 Å². The lowest BCUT2D eigenvalue weighted by Gasteiger charge is -2.27. The van der Waals surface area contributed by atoms with Crippen molar-refractivity contribution in [2.45, 2.75) is 341 Å². The molecule has 0 rings (SSSR count). The van der Waals surface area contributed by atoms with Gasteiger partial charge in [0.15, 0.2) is 0 Å². The lowest BCUT2D eigenvalue weighted by atomic mass is 10.0. The average molecular weight is 1240 g/mol. The number of likely N-dealkylation sites (N-methyl/N-ethyl adjacent to an activating group) is 1. The van der Waals surface area contributed by atoms with E-state index in [-0.39, 0.29) is 31.5 Å². The van der Waals surface area contributed by atoms with Gasteiger partial charge < -0.3 is 19.4 Å². The summed E-state index contributed by atoms with van der Waals surface area (Å²) in [5.41, 5.74) is 0. The van der Waals surface area contributed by atoms with Crippen LogP contribution >= 0.6 is 7.82 Å². The van der Waals surface area contributed by atoms with E-state index in [1.54, 1.807) is 0 Å². The maximum Gasteiger partial charge on any atom is 0.472 e. The molecular weight excluding hydrogens is 1100 g/mol. The number of quaternary nitrogens is 1. The van der Waals surface area contributed by atoms with Gasteiger partial charge in [0, 0.05) is 12.8 Å². The van der Waals surface area contributed by atoms with E-state index in [0.29, 0.717) is 17.4 Å². The van der Waals surface area contributed by atoms with E-state index in [2.05, 4.69) is 111 Å². The van der Waals surface area contributed by atoms with Gasteiger partial charge in [-0.3, -0.25) is 18.6 Å². The third-order valence-electron chi connectivity index (χ3n) is 16.0. The van der Waals surface area contributed by atoms with E-state index in [4.69, 9.17) is 13.8 Å². The van der Waals surface area contributed by atoms with Crippen LogP contribution < -0.4 is 5.32 Å². The predicted octanol–water partition coefficient (Wildman–Crippen LogP) is 23.5. The largest absolute Gasteiger partial charge is 0.472 e. The summed E-state index contributed by atoms with van der Waals surface area (Å²) >= 11 is 0. The second-order valence-electron chi connectivity index (χ2n) is 25.7. The smallest absolute Gasteiger partial charge is 0.456 e. The van der Waals surface area contributed by atoms with Crippen LogP contribution in [0.3, 0.4) is 0 Å². The molecule has 0 bridgehead atoms. The molecule has 0 aliphatic carbocycles. The van der Waals surface area contributed by atoms with Crippen molar-refractivity contribution in [3.8, 4) is 0 Å².